The fraction of sp³-hybridized carbons (Fsp3) is 0.727. The fourth-order valence-electron chi connectivity index (χ4n) is 1.12. The van der Waals surface area contributed by atoms with E-state index in [1.165, 1.54) is 6.54 Å². The third kappa shape index (κ3) is 6.21. The number of allylic oxidation sites excluding steroid dienone is 1. The van der Waals surface area contributed by atoms with Crippen LogP contribution in [-0.4, -0.2) is 25.0 Å². The molecule has 0 saturated carbocycles. The minimum absolute atomic E-state index is 0.738. The summed E-state index contributed by atoms with van der Waals surface area (Å²) in [5.74, 6) is 0.738. The maximum absolute atomic E-state index is 3.10. The Hall–Kier alpha value is -0.520. The van der Waals surface area contributed by atoms with Crippen LogP contribution in [0.25, 0.3) is 0 Å². The Bertz CT molecular complexity index is 154. The second kappa shape index (κ2) is 7.15. The average molecular weight is 167 g/mol. The first-order chi connectivity index (χ1) is 5.70. The highest BCUT2D eigenvalue weighted by Crippen LogP contribution is 2.03. The van der Waals surface area contributed by atoms with Crippen LogP contribution in [0, 0.1) is 5.92 Å². The molecule has 1 unspecified atom stereocenters. The molecule has 0 saturated heterocycles. The van der Waals surface area contributed by atoms with Crippen molar-refractivity contribution in [1.29, 1.82) is 0 Å². The maximum atomic E-state index is 3.10. The lowest BCUT2D eigenvalue weighted by atomic mass is 10.1. The molecule has 12 heavy (non-hydrogen) atoms. The molecule has 0 aliphatic rings. The molecule has 0 rings (SSSR count). The van der Waals surface area contributed by atoms with Gasteiger partial charge in [-0.15, -0.1) is 5.73 Å². The van der Waals surface area contributed by atoms with Crippen molar-refractivity contribution >= 4 is 0 Å². The number of hydrogen-bond acceptors (Lipinski definition) is 1. The zero-order chi connectivity index (χ0) is 9.40. The third-order valence-electron chi connectivity index (χ3n) is 1.97. The van der Waals surface area contributed by atoms with Crippen molar-refractivity contribution in [3.63, 3.8) is 0 Å². The molecule has 0 radical (unpaired) electrons. The molecular formula is C11H21N. The first-order valence-electron chi connectivity index (χ1n) is 4.74. The van der Waals surface area contributed by atoms with Crippen molar-refractivity contribution in [2.24, 2.45) is 5.92 Å². The summed E-state index contributed by atoms with van der Waals surface area (Å²) in [4.78, 5) is 2.34. The lowest BCUT2D eigenvalue weighted by Crippen LogP contribution is -2.23. The number of nitrogens with zero attached hydrogens (tertiary/aromatic N) is 1. The Morgan fingerprint density at radius 3 is 2.67 bits per heavy atom. The monoisotopic (exact) mass is 167 g/mol. The van der Waals surface area contributed by atoms with Gasteiger partial charge in [0.2, 0.25) is 0 Å². The summed E-state index contributed by atoms with van der Waals surface area (Å²) in [5.41, 5.74) is 3.10. The van der Waals surface area contributed by atoms with Crippen LogP contribution in [0.4, 0.5) is 0 Å². The van der Waals surface area contributed by atoms with Gasteiger partial charge in [0.1, 0.15) is 0 Å². The smallest absolute Gasteiger partial charge is 0.000703 e. The van der Waals surface area contributed by atoms with Gasteiger partial charge in [-0.05, 0) is 45.0 Å². The standard InChI is InChI=1S/C11H21N/c1-5-7-8-9-11(3)10-12(4)6-2/h5,8,11H,6,9-10H2,1-4H3. The van der Waals surface area contributed by atoms with Crippen molar-refractivity contribution in [3.8, 4) is 0 Å². The molecule has 0 fully saturated rings. The Kier molecular flexibility index (Phi) is 6.84. The quantitative estimate of drug-likeness (QED) is 0.569. The van der Waals surface area contributed by atoms with Gasteiger partial charge in [0.25, 0.3) is 0 Å². The molecule has 0 aromatic rings. The number of hydrogen-bond donors (Lipinski definition) is 0. The Morgan fingerprint density at radius 1 is 1.50 bits per heavy atom. The van der Waals surface area contributed by atoms with Crippen molar-refractivity contribution in [1.82, 2.24) is 4.90 Å². The van der Waals surface area contributed by atoms with Crippen LogP contribution in [0.2, 0.25) is 0 Å². The summed E-state index contributed by atoms with van der Waals surface area (Å²) in [7, 11) is 2.16. The molecule has 0 heterocycles. The summed E-state index contributed by atoms with van der Waals surface area (Å²) in [6.07, 6.45) is 5.21. The molecule has 0 spiro atoms. The van der Waals surface area contributed by atoms with E-state index < -0.39 is 0 Å². The van der Waals surface area contributed by atoms with Crippen molar-refractivity contribution in [3.05, 3.63) is 17.9 Å². The fourth-order valence-corrected chi connectivity index (χ4v) is 1.12. The molecule has 0 aliphatic heterocycles. The molecule has 0 aliphatic carbocycles. The summed E-state index contributed by atoms with van der Waals surface area (Å²) in [6.45, 7) is 8.78. The van der Waals surface area contributed by atoms with E-state index in [-0.39, 0.29) is 0 Å². The zero-order valence-corrected chi connectivity index (χ0v) is 8.80. The molecule has 0 bridgehead atoms. The maximum Gasteiger partial charge on any atom is 0.000703 e. The van der Waals surface area contributed by atoms with Crippen molar-refractivity contribution in [2.75, 3.05) is 20.1 Å². The number of rotatable bonds is 5. The van der Waals surface area contributed by atoms with Crippen LogP contribution in [0.5, 0.6) is 0 Å². The second-order valence-corrected chi connectivity index (χ2v) is 3.36. The van der Waals surface area contributed by atoms with E-state index in [2.05, 4.69) is 37.6 Å². The van der Waals surface area contributed by atoms with Gasteiger partial charge >= 0.3 is 0 Å². The van der Waals surface area contributed by atoms with Gasteiger partial charge in [0.15, 0.2) is 0 Å². The van der Waals surface area contributed by atoms with E-state index in [9.17, 15) is 0 Å². The van der Waals surface area contributed by atoms with E-state index >= 15 is 0 Å². The van der Waals surface area contributed by atoms with Gasteiger partial charge in [-0.1, -0.05) is 13.8 Å². The lowest BCUT2D eigenvalue weighted by Gasteiger charge is -2.17. The first kappa shape index (κ1) is 11.5. The van der Waals surface area contributed by atoms with E-state index in [4.69, 9.17) is 0 Å². The van der Waals surface area contributed by atoms with E-state index in [0.717, 1.165) is 18.9 Å². The normalized spacial score (nSPS) is 12.4. The lowest BCUT2D eigenvalue weighted by molar-refractivity contribution is 0.300. The summed E-state index contributed by atoms with van der Waals surface area (Å²) < 4.78 is 0. The van der Waals surface area contributed by atoms with Gasteiger partial charge in [0, 0.05) is 6.54 Å². The van der Waals surface area contributed by atoms with E-state index in [1.807, 2.05) is 13.0 Å². The molecule has 70 valence electrons. The van der Waals surface area contributed by atoms with E-state index in [0.29, 0.717) is 0 Å². The highest BCUT2D eigenvalue weighted by Gasteiger charge is 2.01. The molecule has 0 aromatic carbocycles. The van der Waals surface area contributed by atoms with Gasteiger partial charge < -0.3 is 4.90 Å². The SMILES string of the molecule is CC=C=CCC(C)CN(C)CC. The minimum atomic E-state index is 0.738. The molecule has 0 aromatic heterocycles. The van der Waals surface area contributed by atoms with Crippen LogP contribution in [0.15, 0.2) is 17.9 Å². The zero-order valence-electron chi connectivity index (χ0n) is 8.80. The molecule has 0 N–H and O–H groups in total. The summed E-state index contributed by atoms with van der Waals surface area (Å²) >= 11 is 0. The van der Waals surface area contributed by atoms with Crippen LogP contribution in [-0.2, 0) is 0 Å². The van der Waals surface area contributed by atoms with Crippen molar-refractivity contribution < 1.29 is 0 Å². The van der Waals surface area contributed by atoms with Gasteiger partial charge in [-0.25, -0.2) is 0 Å². The molecule has 1 nitrogen and oxygen atoms in total. The second-order valence-electron chi connectivity index (χ2n) is 3.36. The summed E-state index contributed by atoms with van der Waals surface area (Å²) in [5, 5.41) is 0. The van der Waals surface area contributed by atoms with Gasteiger partial charge in [-0.2, -0.15) is 0 Å². The Morgan fingerprint density at radius 2 is 2.17 bits per heavy atom. The molecule has 0 amide bonds. The van der Waals surface area contributed by atoms with Gasteiger partial charge in [-0.3, -0.25) is 0 Å². The van der Waals surface area contributed by atoms with Crippen molar-refractivity contribution in [2.45, 2.75) is 27.2 Å². The van der Waals surface area contributed by atoms with Crippen LogP contribution in [0.3, 0.4) is 0 Å². The minimum Gasteiger partial charge on any atom is -0.306 e. The molecule has 1 heteroatoms. The highest BCUT2D eigenvalue weighted by molar-refractivity contribution is 4.83. The molecule has 1 atom stereocenters. The predicted molar refractivity (Wildman–Crippen MR) is 55.3 cm³/mol. The topological polar surface area (TPSA) is 3.24 Å². The van der Waals surface area contributed by atoms with Crippen LogP contribution < -0.4 is 0 Å². The first-order valence-corrected chi connectivity index (χ1v) is 4.74. The third-order valence-corrected chi connectivity index (χ3v) is 1.97. The highest BCUT2D eigenvalue weighted by atomic mass is 15.1. The predicted octanol–water partition coefficient (Wildman–Crippen LogP) is 2.70. The van der Waals surface area contributed by atoms with Crippen LogP contribution in [0.1, 0.15) is 27.2 Å². The van der Waals surface area contributed by atoms with Crippen LogP contribution >= 0.6 is 0 Å². The Labute approximate surface area is 76.8 Å². The molecular weight excluding hydrogens is 146 g/mol. The van der Waals surface area contributed by atoms with E-state index in [1.54, 1.807) is 0 Å². The summed E-state index contributed by atoms with van der Waals surface area (Å²) in [6, 6.07) is 0. The Balaban J connectivity index is 3.59. The average Bonchev–Trinajstić information content (AvgIpc) is 2.05. The van der Waals surface area contributed by atoms with Gasteiger partial charge in [0.05, 0.1) is 0 Å². The largest absolute Gasteiger partial charge is 0.306 e.